The Bertz CT molecular complexity index is 408. The maximum absolute atomic E-state index is 6.05. The number of nitrogens with zero attached hydrogens (tertiary/aromatic N) is 2. The summed E-state index contributed by atoms with van der Waals surface area (Å²) in [4.78, 5) is 7.97. The molecule has 1 aliphatic rings. The van der Waals surface area contributed by atoms with Crippen molar-refractivity contribution in [3.63, 3.8) is 0 Å². The Morgan fingerprint density at radius 2 is 2.06 bits per heavy atom. The van der Waals surface area contributed by atoms with Crippen molar-refractivity contribution < 1.29 is 0 Å². The molecule has 1 N–H and O–H groups in total. The Labute approximate surface area is 122 Å². The minimum Gasteiger partial charge on any atom is -0.367 e. The quantitative estimate of drug-likeness (QED) is 0.843. The van der Waals surface area contributed by atoms with E-state index >= 15 is 0 Å². The fourth-order valence-corrected chi connectivity index (χ4v) is 3.57. The second kappa shape index (κ2) is 6.31. The average molecular weight is 306 g/mol. The first-order valence-corrected chi connectivity index (χ1v) is 8.10. The topological polar surface area (TPSA) is 37.8 Å². The summed E-state index contributed by atoms with van der Waals surface area (Å²) in [7, 11) is 0. The molecule has 6 heteroatoms. The van der Waals surface area contributed by atoms with E-state index in [0.29, 0.717) is 15.6 Å². The van der Waals surface area contributed by atoms with E-state index in [-0.39, 0.29) is 5.28 Å². The molecule has 100 valence electrons. The maximum atomic E-state index is 6.05. The minimum absolute atomic E-state index is 0.226. The summed E-state index contributed by atoms with van der Waals surface area (Å²) in [5.41, 5.74) is 0. The normalized spacial score (nSPS) is 18.6. The molecule has 1 fully saturated rings. The van der Waals surface area contributed by atoms with Crippen LogP contribution < -0.4 is 5.32 Å². The smallest absolute Gasteiger partial charge is 0.224 e. The van der Waals surface area contributed by atoms with Gasteiger partial charge in [0.15, 0.2) is 0 Å². The van der Waals surface area contributed by atoms with Gasteiger partial charge >= 0.3 is 0 Å². The molecular weight excluding hydrogens is 289 g/mol. The molecule has 1 saturated carbocycles. The first-order valence-electron chi connectivity index (χ1n) is 6.12. The monoisotopic (exact) mass is 305 g/mol. The summed E-state index contributed by atoms with van der Waals surface area (Å²) in [6.45, 7) is 0.876. The second-order valence-electron chi connectivity index (χ2n) is 4.64. The summed E-state index contributed by atoms with van der Waals surface area (Å²) < 4.78 is 0.305. The molecular formula is C12H17Cl2N3S. The third-order valence-electron chi connectivity index (χ3n) is 3.49. The van der Waals surface area contributed by atoms with Gasteiger partial charge in [0.2, 0.25) is 5.28 Å². The number of thioether (sulfide) groups is 1. The van der Waals surface area contributed by atoms with Crippen molar-refractivity contribution in [3.05, 3.63) is 16.5 Å². The van der Waals surface area contributed by atoms with Crippen molar-refractivity contribution in [3.8, 4) is 0 Å². The zero-order valence-corrected chi connectivity index (χ0v) is 12.7. The molecule has 1 aliphatic carbocycles. The highest BCUT2D eigenvalue weighted by Crippen LogP contribution is 2.38. The van der Waals surface area contributed by atoms with Crippen molar-refractivity contribution in [2.75, 3.05) is 18.1 Å². The zero-order chi connectivity index (χ0) is 13.0. The largest absolute Gasteiger partial charge is 0.367 e. The molecule has 1 aromatic rings. The van der Waals surface area contributed by atoms with Crippen molar-refractivity contribution in [2.24, 2.45) is 0 Å². The van der Waals surface area contributed by atoms with Gasteiger partial charge in [-0.05, 0) is 30.7 Å². The number of anilines is 1. The van der Waals surface area contributed by atoms with Gasteiger partial charge in [-0.15, -0.1) is 0 Å². The Balaban J connectivity index is 2.03. The van der Waals surface area contributed by atoms with Gasteiger partial charge in [-0.25, -0.2) is 4.98 Å². The van der Waals surface area contributed by atoms with E-state index in [1.54, 1.807) is 0 Å². The van der Waals surface area contributed by atoms with Crippen LogP contribution in [0.25, 0.3) is 0 Å². The van der Waals surface area contributed by atoms with E-state index < -0.39 is 0 Å². The van der Waals surface area contributed by atoms with Gasteiger partial charge in [0.05, 0.1) is 6.20 Å². The fourth-order valence-electron chi connectivity index (χ4n) is 2.36. The zero-order valence-electron chi connectivity index (χ0n) is 10.4. The number of hydrogen-bond donors (Lipinski definition) is 1. The van der Waals surface area contributed by atoms with Crippen LogP contribution in [-0.2, 0) is 0 Å². The molecule has 0 saturated heterocycles. The van der Waals surface area contributed by atoms with Crippen LogP contribution in [0.1, 0.15) is 32.1 Å². The van der Waals surface area contributed by atoms with Crippen LogP contribution in [0.4, 0.5) is 5.82 Å². The van der Waals surface area contributed by atoms with Gasteiger partial charge in [-0.3, -0.25) is 0 Å². The van der Waals surface area contributed by atoms with Gasteiger partial charge in [0, 0.05) is 11.3 Å². The average Bonchev–Trinajstić information content (AvgIpc) is 2.41. The summed E-state index contributed by atoms with van der Waals surface area (Å²) in [6, 6.07) is 0. The van der Waals surface area contributed by atoms with Crippen LogP contribution in [0, 0.1) is 0 Å². The third kappa shape index (κ3) is 3.43. The number of nitrogens with one attached hydrogen (secondary N) is 1. The molecule has 0 aliphatic heterocycles. The molecule has 3 nitrogen and oxygen atoms in total. The number of aromatic nitrogens is 2. The highest BCUT2D eigenvalue weighted by atomic mass is 35.5. The first kappa shape index (κ1) is 14.2. The van der Waals surface area contributed by atoms with Gasteiger partial charge < -0.3 is 5.32 Å². The van der Waals surface area contributed by atoms with Crippen molar-refractivity contribution in [1.82, 2.24) is 9.97 Å². The lowest BCUT2D eigenvalue weighted by Crippen LogP contribution is -2.35. The Morgan fingerprint density at radius 1 is 1.33 bits per heavy atom. The molecule has 0 radical (unpaired) electrons. The van der Waals surface area contributed by atoms with E-state index in [1.807, 2.05) is 11.8 Å². The predicted octanol–water partition coefficient (Wildman–Crippen LogP) is 4.26. The first-order chi connectivity index (χ1) is 8.65. The van der Waals surface area contributed by atoms with Crippen molar-refractivity contribution in [2.45, 2.75) is 36.9 Å². The third-order valence-corrected chi connectivity index (χ3v) is 5.37. The maximum Gasteiger partial charge on any atom is 0.224 e. The van der Waals surface area contributed by atoms with Gasteiger partial charge in [0.1, 0.15) is 10.8 Å². The highest BCUT2D eigenvalue weighted by Gasteiger charge is 2.31. The lowest BCUT2D eigenvalue weighted by atomic mass is 9.88. The highest BCUT2D eigenvalue weighted by molar-refractivity contribution is 8.00. The Kier molecular flexibility index (Phi) is 4.98. The molecule has 0 spiro atoms. The van der Waals surface area contributed by atoms with Crippen molar-refractivity contribution in [1.29, 1.82) is 0 Å². The number of rotatable bonds is 4. The van der Waals surface area contributed by atoms with Crippen LogP contribution >= 0.6 is 35.0 Å². The summed E-state index contributed by atoms with van der Waals surface area (Å²) in [5.74, 6) is 0.635. The van der Waals surface area contributed by atoms with Crippen LogP contribution in [0.15, 0.2) is 6.20 Å². The van der Waals surface area contributed by atoms with Crippen LogP contribution in [0.3, 0.4) is 0 Å². The lowest BCUT2D eigenvalue weighted by molar-refractivity contribution is 0.411. The van der Waals surface area contributed by atoms with Gasteiger partial charge in [0.25, 0.3) is 0 Å². The molecule has 0 atom stereocenters. The molecule has 0 unspecified atom stereocenters. The molecule has 2 rings (SSSR count). The molecule has 1 heterocycles. The summed E-state index contributed by atoms with van der Waals surface area (Å²) in [5, 5.41) is 4.07. The Hall–Kier alpha value is -0.190. The molecule has 0 bridgehead atoms. The van der Waals surface area contributed by atoms with Crippen LogP contribution in [0.2, 0.25) is 10.3 Å². The lowest BCUT2D eigenvalue weighted by Gasteiger charge is -2.36. The number of hydrogen-bond acceptors (Lipinski definition) is 4. The van der Waals surface area contributed by atoms with Crippen molar-refractivity contribution >= 4 is 40.8 Å². The van der Waals surface area contributed by atoms with E-state index in [9.17, 15) is 0 Å². The molecule has 0 aromatic carbocycles. The second-order valence-corrected chi connectivity index (χ2v) is 6.66. The molecule has 18 heavy (non-hydrogen) atoms. The van der Waals surface area contributed by atoms with Gasteiger partial charge in [-0.1, -0.05) is 30.9 Å². The predicted molar refractivity (Wildman–Crippen MR) is 79.9 cm³/mol. The molecule has 0 amide bonds. The van der Waals surface area contributed by atoms with Crippen LogP contribution in [0.5, 0.6) is 0 Å². The van der Waals surface area contributed by atoms with E-state index in [0.717, 1.165) is 6.54 Å². The summed E-state index contributed by atoms with van der Waals surface area (Å²) in [6.07, 6.45) is 10.2. The number of halogens is 2. The standard InChI is InChI=1S/C12H17Cl2N3S/c1-18-12(5-3-2-4-6-12)8-16-10-9(13)7-15-11(14)17-10/h7H,2-6,8H2,1H3,(H,15,16,17). The minimum atomic E-state index is 0.226. The van der Waals surface area contributed by atoms with E-state index in [2.05, 4.69) is 21.5 Å². The van der Waals surface area contributed by atoms with E-state index in [4.69, 9.17) is 23.2 Å². The molecule has 1 aromatic heterocycles. The SMILES string of the molecule is CSC1(CNc2nc(Cl)ncc2Cl)CCCCC1. The van der Waals surface area contributed by atoms with Gasteiger partial charge in [-0.2, -0.15) is 16.7 Å². The Morgan fingerprint density at radius 3 is 2.72 bits per heavy atom. The van der Waals surface area contributed by atoms with Crippen LogP contribution in [-0.4, -0.2) is 27.5 Å². The summed E-state index contributed by atoms with van der Waals surface area (Å²) >= 11 is 13.8. The van der Waals surface area contributed by atoms with E-state index in [1.165, 1.54) is 38.3 Å². The fraction of sp³-hybridized carbons (Fsp3) is 0.667.